The van der Waals surface area contributed by atoms with Crippen molar-refractivity contribution in [3.8, 4) is 0 Å². The van der Waals surface area contributed by atoms with Gasteiger partial charge in [0.1, 0.15) is 13.1 Å². The summed E-state index contributed by atoms with van der Waals surface area (Å²) in [4.78, 5) is 0. The van der Waals surface area contributed by atoms with Crippen LogP contribution < -0.4 is 5.32 Å². The maximum atomic E-state index is 5.89. The molecule has 2 nitrogen and oxygen atoms in total. The Morgan fingerprint density at radius 2 is 2.07 bits per heavy atom. The highest BCUT2D eigenvalue weighted by molar-refractivity contribution is 6.30. The zero-order valence-electron chi connectivity index (χ0n) is 8.32. The van der Waals surface area contributed by atoms with Crippen molar-refractivity contribution < 1.29 is 9.73 Å². The fourth-order valence-corrected chi connectivity index (χ4v) is 1.69. The average Bonchev–Trinajstić information content (AvgIpc) is 2.71. The van der Waals surface area contributed by atoms with E-state index in [4.69, 9.17) is 16.0 Å². The summed E-state index contributed by atoms with van der Waals surface area (Å²) in [5.41, 5.74) is 1.23. The molecule has 0 saturated heterocycles. The van der Waals surface area contributed by atoms with Gasteiger partial charge in [0.2, 0.25) is 0 Å². The lowest BCUT2D eigenvalue weighted by atomic mass is 10.2. The van der Waals surface area contributed by atoms with E-state index in [0.29, 0.717) is 0 Å². The smallest absolute Gasteiger partial charge is 0.157 e. The molecular weight excluding hydrogens is 210 g/mol. The molecule has 3 heteroatoms. The second-order valence-electron chi connectivity index (χ2n) is 3.41. The molecule has 0 unspecified atom stereocenters. The molecule has 2 rings (SSSR count). The molecule has 15 heavy (non-hydrogen) atoms. The zero-order chi connectivity index (χ0) is 10.5. The highest BCUT2D eigenvalue weighted by atomic mass is 35.5. The molecule has 0 fully saturated rings. The predicted molar refractivity (Wildman–Crippen MR) is 59.5 cm³/mol. The van der Waals surface area contributed by atoms with Crippen LogP contribution in [0.4, 0.5) is 0 Å². The van der Waals surface area contributed by atoms with Crippen LogP contribution in [0.15, 0.2) is 47.1 Å². The van der Waals surface area contributed by atoms with Crippen LogP contribution in [0.2, 0.25) is 5.02 Å². The molecule has 78 valence electrons. The van der Waals surface area contributed by atoms with E-state index in [9.17, 15) is 0 Å². The molecule has 1 heterocycles. The zero-order valence-corrected chi connectivity index (χ0v) is 9.08. The summed E-state index contributed by atoms with van der Waals surface area (Å²) in [6.07, 6.45) is 1.70. The van der Waals surface area contributed by atoms with Crippen LogP contribution in [0.3, 0.4) is 0 Å². The Morgan fingerprint density at radius 3 is 2.80 bits per heavy atom. The minimum absolute atomic E-state index is 0.791. The normalized spacial score (nSPS) is 10.5. The Kier molecular flexibility index (Phi) is 3.43. The first-order chi connectivity index (χ1) is 7.34. The minimum atomic E-state index is 0.791. The van der Waals surface area contributed by atoms with Gasteiger partial charge in [-0.2, -0.15) is 0 Å². The molecule has 0 amide bonds. The SMILES string of the molecule is Clc1cccc(C[NH2+]Cc2ccco2)c1. The van der Waals surface area contributed by atoms with Gasteiger partial charge in [-0.3, -0.25) is 0 Å². The molecule has 0 atom stereocenters. The number of hydrogen-bond acceptors (Lipinski definition) is 1. The number of rotatable bonds is 4. The number of quaternary nitrogens is 1. The summed E-state index contributed by atoms with van der Waals surface area (Å²) in [6, 6.07) is 11.8. The van der Waals surface area contributed by atoms with E-state index in [1.54, 1.807) is 6.26 Å². The summed E-state index contributed by atoms with van der Waals surface area (Å²) in [5, 5.41) is 2.98. The van der Waals surface area contributed by atoms with Crippen LogP contribution in [0.5, 0.6) is 0 Å². The van der Waals surface area contributed by atoms with Crippen LogP contribution in [-0.4, -0.2) is 0 Å². The van der Waals surface area contributed by atoms with Crippen molar-refractivity contribution in [1.29, 1.82) is 0 Å². The van der Waals surface area contributed by atoms with E-state index in [1.165, 1.54) is 5.56 Å². The Hall–Kier alpha value is -1.25. The fraction of sp³-hybridized carbons (Fsp3) is 0.167. The van der Waals surface area contributed by atoms with E-state index in [2.05, 4.69) is 11.4 Å². The first kappa shape index (κ1) is 10.3. The quantitative estimate of drug-likeness (QED) is 0.845. The van der Waals surface area contributed by atoms with Crippen molar-refractivity contribution in [2.24, 2.45) is 0 Å². The van der Waals surface area contributed by atoms with Gasteiger partial charge in [-0.05, 0) is 24.3 Å². The lowest BCUT2D eigenvalue weighted by Gasteiger charge is -2.00. The molecule has 0 aliphatic heterocycles. The van der Waals surface area contributed by atoms with Gasteiger partial charge < -0.3 is 9.73 Å². The Morgan fingerprint density at radius 1 is 1.13 bits per heavy atom. The third kappa shape index (κ3) is 3.11. The lowest BCUT2D eigenvalue weighted by Crippen LogP contribution is -2.80. The second-order valence-corrected chi connectivity index (χ2v) is 3.84. The van der Waals surface area contributed by atoms with E-state index in [1.807, 2.05) is 30.3 Å². The van der Waals surface area contributed by atoms with Gasteiger partial charge in [0.15, 0.2) is 5.76 Å². The first-order valence-electron chi connectivity index (χ1n) is 4.93. The van der Waals surface area contributed by atoms with Gasteiger partial charge in [-0.25, -0.2) is 0 Å². The number of nitrogens with two attached hydrogens (primary N) is 1. The summed E-state index contributed by atoms with van der Waals surface area (Å²) in [6.45, 7) is 1.78. The van der Waals surface area contributed by atoms with E-state index < -0.39 is 0 Å². The number of hydrogen-bond donors (Lipinski definition) is 1. The van der Waals surface area contributed by atoms with E-state index >= 15 is 0 Å². The number of benzene rings is 1. The first-order valence-corrected chi connectivity index (χ1v) is 5.31. The monoisotopic (exact) mass is 222 g/mol. The van der Waals surface area contributed by atoms with Crippen LogP contribution in [0.1, 0.15) is 11.3 Å². The second kappa shape index (κ2) is 5.01. The largest absolute Gasteiger partial charge is 0.463 e. The summed E-state index contributed by atoms with van der Waals surface area (Å²) < 4.78 is 5.24. The summed E-state index contributed by atoms with van der Waals surface area (Å²) in [7, 11) is 0. The molecule has 0 radical (unpaired) electrons. The lowest BCUT2D eigenvalue weighted by molar-refractivity contribution is -0.687. The maximum absolute atomic E-state index is 5.89. The molecule has 2 aromatic rings. The third-order valence-corrected chi connectivity index (χ3v) is 2.43. The third-order valence-electron chi connectivity index (χ3n) is 2.19. The van der Waals surface area contributed by atoms with E-state index in [0.717, 1.165) is 23.9 Å². The van der Waals surface area contributed by atoms with Crippen molar-refractivity contribution in [2.45, 2.75) is 13.1 Å². The van der Waals surface area contributed by atoms with Crippen LogP contribution in [-0.2, 0) is 13.1 Å². The van der Waals surface area contributed by atoms with Gasteiger partial charge in [-0.1, -0.05) is 23.7 Å². The molecular formula is C12H13ClNO+. The number of furan rings is 1. The van der Waals surface area contributed by atoms with Crippen molar-refractivity contribution in [3.63, 3.8) is 0 Å². The van der Waals surface area contributed by atoms with Crippen molar-refractivity contribution in [3.05, 3.63) is 59.0 Å². The van der Waals surface area contributed by atoms with Gasteiger partial charge in [0.25, 0.3) is 0 Å². The van der Waals surface area contributed by atoms with Gasteiger partial charge in [0.05, 0.1) is 6.26 Å². The Labute approximate surface area is 93.9 Å². The standard InChI is InChI=1S/C12H12ClNO/c13-11-4-1-3-10(7-11)8-14-9-12-5-2-6-15-12/h1-7,14H,8-9H2/p+1. The van der Waals surface area contributed by atoms with Crippen molar-refractivity contribution in [2.75, 3.05) is 0 Å². The molecule has 0 spiro atoms. The molecule has 2 N–H and O–H groups in total. The molecule has 1 aromatic carbocycles. The highest BCUT2D eigenvalue weighted by Gasteiger charge is 1.99. The highest BCUT2D eigenvalue weighted by Crippen LogP contribution is 2.09. The van der Waals surface area contributed by atoms with Gasteiger partial charge in [-0.15, -0.1) is 0 Å². The summed E-state index contributed by atoms with van der Waals surface area (Å²) >= 11 is 5.89. The minimum Gasteiger partial charge on any atom is -0.463 e. The molecule has 0 aliphatic carbocycles. The maximum Gasteiger partial charge on any atom is 0.157 e. The molecule has 0 saturated carbocycles. The topological polar surface area (TPSA) is 29.8 Å². The van der Waals surface area contributed by atoms with Crippen molar-refractivity contribution >= 4 is 11.6 Å². The van der Waals surface area contributed by atoms with Crippen LogP contribution in [0.25, 0.3) is 0 Å². The summed E-state index contributed by atoms with van der Waals surface area (Å²) in [5.74, 6) is 0.997. The molecule has 1 aromatic heterocycles. The fourth-order valence-electron chi connectivity index (χ4n) is 1.47. The van der Waals surface area contributed by atoms with E-state index in [-0.39, 0.29) is 0 Å². The number of halogens is 1. The molecule has 0 bridgehead atoms. The molecule has 0 aliphatic rings. The Bertz CT molecular complexity index is 411. The van der Waals surface area contributed by atoms with Crippen LogP contribution in [0, 0.1) is 0 Å². The van der Waals surface area contributed by atoms with Gasteiger partial charge >= 0.3 is 0 Å². The van der Waals surface area contributed by atoms with Crippen molar-refractivity contribution in [1.82, 2.24) is 0 Å². The predicted octanol–water partition coefficient (Wildman–Crippen LogP) is 2.20. The average molecular weight is 223 g/mol. The van der Waals surface area contributed by atoms with Gasteiger partial charge in [0, 0.05) is 10.6 Å². The van der Waals surface area contributed by atoms with Crippen LogP contribution >= 0.6 is 11.6 Å². The Balaban J connectivity index is 1.83.